The Balaban J connectivity index is 1.17. The highest BCUT2D eigenvalue weighted by molar-refractivity contribution is 5.86. The molecule has 2 aliphatic heterocycles. The molecule has 6 nitrogen and oxygen atoms in total. The average Bonchev–Trinajstić information content (AvgIpc) is 3.38. The van der Waals surface area contributed by atoms with Crippen molar-refractivity contribution in [1.82, 2.24) is 9.97 Å². The topological polar surface area (TPSA) is 57.5 Å². The number of benzene rings is 2. The number of rotatable bonds is 2. The van der Waals surface area contributed by atoms with Crippen LogP contribution in [0.2, 0.25) is 0 Å². The summed E-state index contributed by atoms with van der Waals surface area (Å²) in [6.07, 6.45) is 4.41. The number of aromatic amines is 1. The predicted molar refractivity (Wildman–Crippen MR) is 122 cm³/mol. The first kappa shape index (κ1) is 18.5. The Bertz CT molecular complexity index is 1340. The Morgan fingerprint density at radius 3 is 2.88 bits per heavy atom. The molecule has 4 heterocycles. The van der Waals surface area contributed by atoms with E-state index in [9.17, 15) is 4.39 Å². The number of oxazole rings is 1. The Labute approximate surface area is 185 Å². The van der Waals surface area contributed by atoms with Crippen LogP contribution in [-0.4, -0.2) is 41.8 Å². The van der Waals surface area contributed by atoms with E-state index in [-0.39, 0.29) is 11.4 Å². The summed E-state index contributed by atoms with van der Waals surface area (Å²) in [6.45, 7) is 4.11. The van der Waals surface area contributed by atoms with E-state index < -0.39 is 0 Å². The normalized spacial score (nSPS) is 20.2. The molecule has 2 aromatic heterocycles. The number of nitrogens with zero attached hydrogens (tertiary/aromatic N) is 3. The molecular formula is C25H25FN4O2. The zero-order chi connectivity index (χ0) is 21.3. The van der Waals surface area contributed by atoms with E-state index in [2.05, 4.69) is 26.9 Å². The lowest BCUT2D eigenvalue weighted by molar-refractivity contribution is -0.107. The molecule has 1 saturated heterocycles. The van der Waals surface area contributed by atoms with Crippen LogP contribution < -0.4 is 9.80 Å². The van der Waals surface area contributed by atoms with Crippen LogP contribution in [0.4, 0.5) is 16.1 Å². The van der Waals surface area contributed by atoms with Gasteiger partial charge in [0.15, 0.2) is 5.58 Å². The van der Waals surface area contributed by atoms with Crippen LogP contribution >= 0.6 is 0 Å². The van der Waals surface area contributed by atoms with Crippen molar-refractivity contribution in [2.45, 2.75) is 37.8 Å². The van der Waals surface area contributed by atoms with Gasteiger partial charge in [-0.1, -0.05) is 0 Å². The van der Waals surface area contributed by atoms with Crippen LogP contribution in [0.15, 0.2) is 40.8 Å². The number of hydrogen-bond donors (Lipinski definition) is 1. The molecule has 1 spiro atoms. The van der Waals surface area contributed by atoms with Crippen molar-refractivity contribution in [2.24, 2.45) is 0 Å². The van der Waals surface area contributed by atoms with Crippen molar-refractivity contribution < 1.29 is 13.5 Å². The summed E-state index contributed by atoms with van der Waals surface area (Å²) in [5.41, 5.74) is 6.20. The molecule has 2 aromatic carbocycles. The largest absolute Gasteiger partial charge is 0.423 e. The number of nitrogens with one attached hydrogen (secondary N) is 1. The third-order valence-corrected chi connectivity index (χ3v) is 7.45. The molecule has 1 saturated carbocycles. The van der Waals surface area contributed by atoms with Crippen LogP contribution in [0.1, 0.15) is 30.5 Å². The zero-order valence-electron chi connectivity index (χ0n) is 17.9. The van der Waals surface area contributed by atoms with Gasteiger partial charge in [0.1, 0.15) is 11.3 Å². The van der Waals surface area contributed by atoms with Crippen molar-refractivity contribution in [2.75, 3.05) is 36.0 Å². The molecule has 0 unspecified atom stereocenters. The molecule has 7 heteroatoms. The number of anilines is 2. The Morgan fingerprint density at radius 1 is 1.06 bits per heavy atom. The summed E-state index contributed by atoms with van der Waals surface area (Å²) in [7, 11) is 0. The third-order valence-electron chi connectivity index (χ3n) is 7.45. The van der Waals surface area contributed by atoms with Gasteiger partial charge in [-0.2, -0.15) is 4.98 Å². The van der Waals surface area contributed by atoms with E-state index in [0.717, 1.165) is 79.7 Å². The second-order valence-corrected chi connectivity index (χ2v) is 9.40. The van der Waals surface area contributed by atoms with Gasteiger partial charge in [0.05, 0.1) is 18.8 Å². The number of aromatic nitrogens is 2. The van der Waals surface area contributed by atoms with E-state index in [1.807, 2.05) is 12.1 Å². The summed E-state index contributed by atoms with van der Waals surface area (Å²) in [5, 5.41) is 1.10. The van der Waals surface area contributed by atoms with Gasteiger partial charge in [0, 0.05) is 53.9 Å². The third kappa shape index (κ3) is 2.84. The molecule has 0 atom stereocenters. The van der Waals surface area contributed by atoms with E-state index in [1.165, 1.54) is 23.7 Å². The van der Waals surface area contributed by atoms with Crippen LogP contribution in [0.3, 0.4) is 0 Å². The monoisotopic (exact) mass is 432 g/mol. The fourth-order valence-electron chi connectivity index (χ4n) is 5.53. The van der Waals surface area contributed by atoms with Crippen LogP contribution in [-0.2, 0) is 17.7 Å². The van der Waals surface area contributed by atoms with Gasteiger partial charge in [-0.05, 0) is 55.7 Å². The molecule has 3 aliphatic rings. The average molecular weight is 432 g/mol. The number of H-pyrrole nitrogens is 1. The summed E-state index contributed by atoms with van der Waals surface area (Å²) < 4.78 is 25.8. The highest BCUT2D eigenvalue weighted by Crippen LogP contribution is 2.40. The smallest absolute Gasteiger partial charge is 0.298 e. The number of morpholine rings is 1. The first-order valence-corrected chi connectivity index (χ1v) is 11.5. The summed E-state index contributed by atoms with van der Waals surface area (Å²) in [6, 6.07) is 12.0. The number of fused-ring (bicyclic) bond motifs is 4. The number of halogens is 1. The molecule has 1 aliphatic carbocycles. The van der Waals surface area contributed by atoms with Crippen molar-refractivity contribution in [1.29, 1.82) is 0 Å². The molecular weight excluding hydrogens is 407 g/mol. The molecule has 164 valence electrons. The van der Waals surface area contributed by atoms with E-state index >= 15 is 0 Å². The SMILES string of the molecule is Fc1ccc2c3c([nH]c2c1)CCN(c1ccc2oc(N4CCOC5(CCC5)C4)nc2c1)C3. The second-order valence-electron chi connectivity index (χ2n) is 9.40. The molecule has 4 aromatic rings. The van der Waals surface area contributed by atoms with Crippen LogP contribution in [0.25, 0.3) is 22.0 Å². The van der Waals surface area contributed by atoms with Gasteiger partial charge in [0.25, 0.3) is 6.01 Å². The fraction of sp³-hybridized carbons (Fsp3) is 0.400. The number of hydrogen-bond acceptors (Lipinski definition) is 5. The standard InChI is InChI=1S/C25H25FN4O2/c26-16-2-4-18-19-14-29(9-6-20(19)27-21(18)12-16)17-3-5-23-22(13-17)28-24(32-23)30-10-11-31-25(15-30)7-1-8-25/h2-5,12-13,27H,1,6-11,14-15H2. The molecule has 0 bridgehead atoms. The molecule has 7 rings (SSSR count). The predicted octanol–water partition coefficient (Wildman–Crippen LogP) is 4.77. The minimum absolute atomic E-state index is 0.0117. The lowest BCUT2D eigenvalue weighted by Gasteiger charge is -2.47. The molecule has 2 fully saturated rings. The second kappa shape index (κ2) is 6.72. The van der Waals surface area contributed by atoms with Crippen molar-refractivity contribution in [3.63, 3.8) is 0 Å². The minimum Gasteiger partial charge on any atom is -0.423 e. The van der Waals surface area contributed by atoms with Crippen molar-refractivity contribution in [3.8, 4) is 0 Å². The van der Waals surface area contributed by atoms with Crippen LogP contribution in [0, 0.1) is 5.82 Å². The highest BCUT2D eigenvalue weighted by Gasteiger charge is 2.43. The minimum atomic E-state index is -0.205. The van der Waals surface area contributed by atoms with Gasteiger partial charge in [0.2, 0.25) is 0 Å². The maximum atomic E-state index is 13.6. The lowest BCUT2D eigenvalue weighted by atomic mass is 9.79. The first-order chi connectivity index (χ1) is 15.7. The summed E-state index contributed by atoms with van der Waals surface area (Å²) in [4.78, 5) is 12.8. The Kier molecular flexibility index (Phi) is 3.89. The number of ether oxygens (including phenoxy) is 1. The maximum Gasteiger partial charge on any atom is 0.298 e. The molecule has 0 radical (unpaired) electrons. The van der Waals surface area contributed by atoms with Gasteiger partial charge in [-0.3, -0.25) is 0 Å². The quantitative estimate of drug-likeness (QED) is 0.495. The summed E-state index contributed by atoms with van der Waals surface area (Å²) >= 11 is 0. The van der Waals surface area contributed by atoms with E-state index in [4.69, 9.17) is 14.1 Å². The van der Waals surface area contributed by atoms with E-state index in [0.29, 0.717) is 6.01 Å². The summed E-state index contributed by atoms with van der Waals surface area (Å²) in [5.74, 6) is -0.205. The highest BCUT2D eigenvalue weighted by atomic mass is 19.1. The van der Waals surface area contributed by atoms with Gasteiger partial charge < -0.3 is 23.9 Å². The van der Waals surface area contributed by atoms with E-state index in [1.54, 1.807) is 6.07 Å². The van der Waals surface area contributed by atoms with Crippen LogP contribution in [0.5, 0.6) is 0 Å². The lowest BCUT2D eigenvalue weighted by Crippen LogP contribution is -2.55. The van der Waals surface area contributed by atoms with Gasteiger partial charge in [-0.25, -0.2) is 4.39 Å². The Hall–Kier alpha value is -3.06. The first-order valence-electron chi connectivity index (χ1n) is 11.5. The molecule has 32 heavy (non-hydrogen) atoms. The van der Waals surface area contributed by atoms with Gasteiger partial charge in [-0.15, -0.1) is 0 Å². The fourth-order valence-corrected chi connectivity index (χ4v) is 5.53. The van der Waals surface area contributed by atoms with Gasteiger partial charge >= 0.3 is 0 Å². The molecule has 1 N–H and O–H groups in total. The molecule has 0 amide bonds. The van der Waals surface area contributed by atoms with Crippen molar-refractivity contribution in [3.05, 3.63) is 53.5 Å². The Morgan fingerprint density at radius 2 is 2.00 bits per heavy atom. The zero-order valence-corrected chi connectivity index (χ0v) is 17.9. The maximum absolute atomic E-state index is 13.6. The van der Waals surface area contributed by atoms with Crippen molar-refractivity contribution >= 4 is 33.7 Å².